The Morgan fingerprint density at radius 2 is 1.45 bits per heavy atom. The predicted molar refractivity (Wildman–Crippen MR) is 123 cm³/mol. The van der Waals surface area contributed by atoms with Crippen molar-refractivity contribution >= 4 is 23.5 Å². The SMILES string of the molecule is CC(CC(C)C(=O)N(C)C(CC(=O)C(C)(C)C)C(=O)NCCN(C)C)NC(=O)C(C)C. The van der Waals surface area contributed by atoms with Gasteiger partial charge in [0.15, 0.2) is 0 Å². The Labute approximate surface area is 188 Å². The molecular formula is C23H44N4O4. The average molecular weight is 441 g/mol. The zero-order valence-electron chi connectivity index (χ0n) is 21.2. The summed E-state index contributed by atoms with van der Waals surface area (Å²) in [6.45, 7) is 13.8. The van der Waals surface area contributed by atoms with E-state index in [1.165, 1.54) is 4.90 Å². The first-order valence-corrected chi connectivity index (χ1v) is 11.1. The van der Waals surface area contributed by atoms with Gasteiger partial charge in [-0.2, -0.15) is 0 Å². The van der Waals surface area contributed by atoms with Gasteiger partial charge in [-0.25, -0.2) is 0 Å². The van der Waals surface area contributed by atoms with Crippen molar-refractivity contribution in [3.63, 3.8) is 0 Å². The van der Waals surface area contributed by atoms with Crippen molar-refractivity contribution in [2.24, 2.45) is 17.3 Å². The average Bonchev–Trinajstić information content (AvgIpc) is 2.62. The standard InChI is InChI=1S/C23H44N4O4/c1-15(2)20(29)25-17(4)13-16(3)22(31)27(10)18(14-19(28)23(5,6)7)21(30)24-11-12-26(8)9/h15-18H,11-14H2,1-10H3,(H,24,30)(H,25,29). The van der Waals surface area contributed by atoms with Crippen LogP contribution in [-0.2, 0) is 19.2 Å². The molecule has 2 N–H and O–H groups in total. The molecule has 0 spiro atoms. The number of carbonyl (C=O) groups is 4. The van der Waals surface area contributed by atoms with Crippen molar-refractivity contribution in [1.29, 1.82) is 0 Å². The molecule has 0 aliphatic rings. The smallest absolute Gasteiger partial charge is 0.243 e. The molecule has 0 aliphatic heterocycles. The van der Waals surface area contributed by atoms with Crippen LogP contribution in [0.4, 0.5) is 0 Å². The van der Waals surface area contributed by atoms with Crippen molar-refractivity contribution in [2.75, 3.05) is 34.2 Å². The lowest BCUT2D eigenvalue weighted by atomic mass is 9.86. The van der Waals surface area contributed by atoms with Crippen LogP contribution in [0.15, 0.2) is 0 Å². The molecule has 0 saturated heterocycles. The zero-order valence-corrected chi connectivity index (χ0v) is 21.2. The number of carbonyl (C=O) groups excluding carboxylic acids is 4. The van der Waals surface area contributed by atoms with Gasteiger partial charge in [0.1, 0.15) is 11.8 Å². The molecule has 0 heterocycles. The molecule has 3 amide bonds. The number of Topliss-reactive ketones (excluding diaryl/α,β-unsaturated/α-hetero) is 1. The zero-order chi connectivity index (χ0) is 24.5. The first-order chi connectivity index (χ1) is 14.1. The Bertz CT molecular complexity index is 626. The van der Waals surface area contributed by atoms with Crippen molar-refractivity contribution in [1.82, 2.24) is 20.4 Å². The minimum atomic E-state index is -0.871. The van der Waals surface area contributed by atoms with Crippen LogP contribution in [0.2, 0.25) is 0 Å². The van der Waals surface area contributed by atoms with E-state index in [-0.39, 0.29) is 41.9 Å². The largest absolute Gasteiger partial charge is 0.353 e. The van der Waals surface area contributed by atoms with Gasteiger partial charge < -0.3 is 20.4 Å². The van der Waals surface area contributed by atoms with E-state index in [2.05, 4.69) is 10.6 Å². The third-order valence-electron chi connectivity index (χ3n) is 5.23. The summed E-state index contributed by atoms with van der Waals surface area (Å²) in [4.78, 5) is 53.8. The molecule has 0 aromatic heterocycles. The van der Waals surface area contributed by atoms with Gasteiger partial charge in [-0.15, -0.1) is 0 Å². The number of rotatable bonds is 12. The topological polar surface area (TPSA) is 98.8 Å². The number of hydrogen-bond donors (Lipinski definition) is 2. The van der Waals surface area contributed by atoms with Crippen LogP contribution in [0.3, 0.4) is 0 Å². The molecule has 8 heteroatoms. The van der Waals surface area contributed by atoms with Crippen LogP contribution >= 0.6 is 0 Å². The molecule has 0 aliphatic carbocycles. The van der Waals surface area contributed by atoms with E-state index in [9.17, 15) is 19.2 Å². The fraction of sp³-hybridized carbons (Fsp3) is 0.826. The van der Waals surface area contributed by atoms with Gasteiger partial charge in [0, 0.05) is 49.9 Å². The van der Waals surface area contributed by atoms with Crippen molar-refractivity contribution in [2.45, 2.75) is 73.4 Å². The number of nitrogens with zero attached hydrogens (tertiary/aromatic N) is 2. The molecule has 0 bridgehead atoms. The highest BCUT2D eigenvalue weighted by atomic mass is 16.2. The fourth-order valence-electron chi connectivity index (χ4n) is 3.01. The first kappa shape index (κ1) is 29.0. The number of likely N-dealkylation sites (N-methyl/N-ethyl adjacent to an activating group) is 2. The minimum Gasteiger partial charge on any atom is -0.353 e. The van der Waals surface area contributed by atoms with Gasteiger partial charge >= 0.3 is 0 Å². The summed E-state index contributed by atoms with van der Waals surface area (Å²) >= 11 is 0. The van der Waals surface area contributed by atoms with E-state index in [0.29, 0.717) is 19.5 Å². The van der Waals surface area contributed by atoms with E-state index in [0.717, 1.165) is 0 Å². The number of ketones is 1. The van der Waals surface area contributed by atoms with Gasteiger partial charge in [0.25, 0.3) is 0 Å². The molecular weight excluding hydrogens is 396 g/mol. The summed E-state index contributed by atoms with van der Waals surface area (Å²) in [5.74, 6) is -1.23. The molecule has 0 rings (SSSR count). The number of nitrogens with one attached hydrogen (secondary N) is 2. The molecule has 0 aromatic carbocycles. The lowest BCUT2D eigenvalue weighted by Crippen LogP contribution is -2.52. The van der Waals surface area contributed by atoms with Gasteiger partial charge in [-0.3, -0.25) is 19.2 Å². The van der Waals surface area contributed by atoms with E-state index < -0.39 is 17.4 Å². The Kier molecular flexibility index (Phi) is 12.0. The van der Waals surface area contributed by atoms with Crippen molar-refractivity contribution in [3.8, 4) is 0 Å². The summed E-state index contributed by atoms with van der Waals surface area (Å²) < 4.78 is 0. The Morgan fingerprint density at radius 1 is 0.903 bits per heavy atom. The summed E-state index contributed by atoms with van der Waals surface area (Å²) in [5, 5.41) is 5.74. The van der Waals surface area contributed by atoms with Crippen LogP contribution in [0.1, 0.15) is 61.3 Å². The van der Waals surface area contributed by atoms with Gasteiger partial charge in [-0.1, -0.05) is 41.5 Å². The van der Waals surface area contributed by atoms with Crippen molar-refractivity contribution < 1.29 is 19.2 Å². The lowest BCUT2D eigenvalue weighted by molar-refractivity contribution is -0.144. The lowest BCUT2D eigenvalue weighted by Gasteiger charge is -2.31. The number of amides is 3. The Balaban J connectivity index is 5.30. The highest BCUT2D eigenvalue weighted by Gasteiger charge is 2.34. The third kappa shape index (κ3) is 10.8. The molecule has 31 heavy (non-hydrogen) atoms. The van der Waals surface area contributed by atoms with Crippen LogP contribution in [-0.4, -0.2) is 79.6 Å². The third-order valence-corrected chi connectivity index (χ3v) is 5.23. The summed E-state index contributed by atoms with van der Waals surface area (Å²) in [7, 11) is 5.38. The highest BCUT2D eigenvalue weighted by molar-refractivity contribution is 5.94. The minimum absolute atomic E-state index is 0.0358. The van der Waals surface area contributed by atoms with Crippen LogP contribution in [0.5, 0.6) is 0 Å². The van der Waals surface area contributed by atoms with Crippen molar-refractivity contribution in [3.05, 3.63) is 0 Å². The maximum Gasteiger partial charge on any atom is 0.243 e. The van der Waals surface area contributed by atoms with E-state index >= 15 is 0 Å². The van der Waals surface area contributed by atoms with E-state index in [1.54, 1.807) is 34.7 Å². The van der Waals surface area contributed by atoms with E-state index in [4.69, 9.17) is 0 Å². The maximum absolute atomic E-state index is 13.1. The predicted octanol–water partition coefficient (Wildman–Crippen LogP) is 1.68. The molecule has 0 radical (unpaired) electrons. The van der Waals surface area contributed by atoms with Gasteiger partial charge in [0.2, 0.25) is 17.7 Å². The first-order valence-electron chi connectivity index (χ1n) is 11.1. The fourth-order valence-corrected chi connectivity index (χ4v) is 3.01. The normalized spacial score (nSPS) is 14.7. The number of hydrogen-bond acceptors (Lipinski definition) is 5. The second-order valence-electron chi connectivity index (χ2n) is 10.1. The second kappa shape index (κ2) is 12.8. The Hall–Kier alpha value is -1.96. The second-order valence-corrected chi connectivity index (χ2v) is 10.1. The maximum atomic E-state index is 13.1. The molecule has 8 nitrogen and oxygen atoms in total. The van der Waals surface area contributed by atoms with Gasteiger partial charge in [-0.05, 0) is 27.4 Å². The summed E-state index contributed by atoms with van der Waals surface area (Å²) in [6, 6.07) is -1.05. The molecule has 3 unspecified atom stereocenters. The summed E-state index contributed by atoms with van der Waals surface area (Å²) in [6.07, 6.45) is 0.412. The molecule has 0 saturated carbocycles. The molecule has 0 aromatic rings. The van der Waals surface area contributed by atoms with Crippen LogP contribution in [0.25, 0.3) is 0 Å². The van der Waals surface area contributed by atoms with Gasteiger partial charge in [0.05, 0.1) is 0 Å². The quantitative estimate of drug-likeness (QED) is 0.481. The summed E-state index contributed by atoms with van der Waals surface area (Å²) in [5.41, 5.74) is -0.604. The van der Waals surface area contributed by atoms with Crippen LogP contribution < -0.4 is 10.6 Å². The molecule has 180 valence electrons. The monoisotopic (exact) mass is 440 g/mol. The highest BCUT2D eigenvalue weighted by Crippen LogP contribution is 2.21. The molecule has 3 atom stereocenters. The molecule has 0 fully saturated rings. The Morgan fingerprint density at radius 3 is 1.90 bits per heavy atom. The van der Waals surface area contributed by atoms with E-state index in [1.807, 2.05) is 39.8 Å². The van der Waals surface area contributed by atoms with Crippen LogP contribution in [0, 0.1) is 17.3 Å².